The number of aromatic hydroxyl groups is 1. The molecule has 4 heteroatoms. The molecule has 0 bridgehead atoms. The minimum Gasteiger partial charge on any atom is -0.508 e. The SMILES string of the molecule is Cc1ccc([C@H](N)[C@H](O)CCC(C)C)c(O)c1.Cl. The van der Waals surface area contributed by atoms with Crippen LogP contribution in [0.4, 0.5) is 0 Å². The lowest BCUT2D eigenvalue weighted by Gasteiger charge is -2.21. The molecule has 0 aliphatic rings. The van der Waals surface area contributed by atoms with Crippen LogP contribution >= 0.6 is 12.4 Å². The summed E-state index contributed by atoms with van der Waals surface area (Å²) in [4.78, 5) is 0. The summed E-state index contributed by atoms with van der Waals surface area (Å²) in [5, 5.41) is 19.8. The third-order valence-electron chi connectivity index (χ3n) is 3.00. The van der Waals surface area contributed by atoms with Crippen molar-refractivity contribution in [3.63, 3.8) is 0 Å². The first-order valence-corrected chi connectivity index (χ1v) is 6.15. The largest absolute Gasteiger partial charge is 0.508 e. The Morgan fingerprint density at radius 2 is 1.83 bits per heavy atom. The zero-order chi connectivity index (χ0) is 13.0. The maximum Gasteiger partial charge on any atom is 0.120 e. The third-order valence-corrected chi connectivity index (χ3v) is 3.00. The number of aliphatic hydroxyl groups is 1. The Labute approximate surface area is 115 Å². The Hall–Kier alpha value is -0.770. The monoisotopic (exact) mass is 273 g/mol. The van der Waals surface area contributed by atoms with E-state index in [9.17, 15) is 10.2 Å². The van der Waals surface area contributed by atoms with Crippen LogP contribution in [0.25, 0.3) is 0 Å². The van der Waals surface area contributed by atoms with Gasteiger partial charge in [-0.25, -0.2) is 0 Å². The molecule has 104 valence electrons. The Balaban J connectivity index is 0.00000289. The van der Waals surface area contributed by atoms with Crippen molar-refractivity contribution in [2.45, 2.75) is 45.8 Å². The highest BCUT2D eigenvalue weighted by molar-refractivity contribution is 5.85. The van der Waals surface area contributed by atoms with Gasteiger partial charge in [-0.15, -0.1) is 12.4 Å². The molecule has 0 saturated heterocycles. The first-order valence-electron chi connectivity index (χ1n) is 6.15. The molecule has 0 aliphatic carbocycles. The molecule has 0 fully saturated rings. The lowest BCUT2D eigenvalue weighted by molar-refractivity contribution is 0.127. The summed E-state index contributed by atoms with van der Waals surface area (Å²) < 4.78 is 0. The first kappa shape index (κ1) is 17.2. The van der Waals surface area contributed by atoms with Gasteiger partial charge in [0.2, 0.25) is 0 Å². The van der Waals surface area contributed by atoms with E-state index in [0.29, 0.717) is 17.9 Å². The van der Waals surface area contributed by atoms with Crippen LogP contribution in [0.5, 0.6) is 5.75 Å². The topological polar surface area (TPSA) is 66.5 Å². The number of hydrogen-bond donors (Lipinski definition) is 3. The summed E-state index contributed by atoms with van der Waals surface area (Å²) in [5.74, 6) is 0.713. The van der Waals surface area contributed by atoms with Gasteiger partial charge in [-0.05, 0) is 37.3 Å². The quantitative estimate of drug-likeness (QED) is 0.773. The first-order chi connectivity index (χ1) is 7.91. The maximum absolute atomic E-state index is 9.98. The van der Waals surface area contributed by atoms with E-state index in [1.165, 1.54) is 0 Å². The van der Waals surface area contributed by atoms with E-state index < -0.39 is 12.1 Å². The van der Waals surface area contributed by atoms with Gasteiger partial charge in [0, 0.05) is 5.56 Å². The van der Waals surface area contributed by atoms with Crippen molar-refractivity contribution >= 4 is 12.4 Å². The second-order valence-electron chi connectivity index (χ2n) is 5.13. The summed E-state index contributed by atoms with van der Waals surface area (Å²) in [6.07, 6.45) is 0.985. The number of phenolic OH excluding ortho intramolecular Hbond substituents is 1. The molecular formula is C14H24ClNO2. The van der Waals surface area contributed by atoms with E-state index in [0.717, 1.165) is 12.0 Å². The zero-order valence-corrected chi connectivity index (χ0v) is 12.1. The van der Waals surface area contributed by atoms with E-state index >= 15 is 0 Å². The van der Waals surface area contributed by atoms with Crippen LogP contribution in [0.15, 0.2) is 18.2 Å². The van der Waals surface area contributed by atoms with Crippen LogP contribution in [0.2, 0.25) is 0 Å². The lowest BCUT2D eigenvalue weighted by Crippen LogP contribution is -2.26. The average molecular weight is 274 g/mol. The van der Waals surface area contributed by atoms with Gasteiger partial charge in [-0.3, -0.25) is 0 Å². The van der Waals surface area contributed by atoms with Gasteiger partial charge in [0.05, 0.1) is 12.1 Å². The molecule has 1 aromatic rings. The molecule has 2 atom stereocenters. The number of benzene rings is 1. The van der Waals surface area contributed by atoms with Gasteiger partial charge >= 0.3 is 0 Å². The normalized spacial score (nSPS) is 14.1. The van der Waals surface area contributed by atoms with Gasteiger partial charge in [-0.2, -0.15) is 0 Å². The molecule has 1 aromatic carbocycles. The van der Waals surface area contributed by atoms with Crippen molar-refractivity contribution in [1.29, 1.82) is 0 Å². The Bertz CT molecular complexity index is 369. The van der Waals surface area contributed by atoms with E-state index in [1.54, 1.807) is 12.1 Å². The third kappa shape index (κ3) is 4.84. The highest BCUT2D eigenvalue weighted by atomic mass is 35.5. The van der Waals surface area contributed by atoms with E-state index in [2.05, 4.69) is 13.8 Å². The van der Waals surface area contributed by atoms with Gasteiger partial charge < -0.3 is 15.9 Å². The molecule has 0 spiro atoms. The summed E-state index contributed by atoms with van der Waals surface area (Å²) in [6, 6.07) is 4.83. The molecule has 0 radical (unpaired) electrons. The maximum atomic E-state index is 9.98. The highest BCUT2D eigenvalue weighted by Gasteiger charge is 2.19. The number of aryl methyl sites for hydroxylation is 1. The Morgan fingerprint density at radius 3 is 2.33 bits per heavy atom. The fourth-order valence-electron chi connectivity index (χ4n) is 1.83. The second kappa shape index (κ2) is 7.62. The summed E-state index contributed by atoms with van der Waals surface area (Å²) in [5.41, 5.74) is 7.56. The molecule has 18 heavy (non-hydrogen) atoms. The predicted molar refractivity (Wildman–Crippen MR) is 77.1 cm³/mol. The Morgan fingerprint density at radius 1 is 1.22 bits per heavy atom. The lowest BCUT2D eigenvalue weighted by atomic mass is 9.95. The number of hydrogen-bond acceptors (Lipinski definition) is 3. The van der Waals surface area contributed by atoms with Gasteiger partial charge in [0.15, 0.2) is 0 Å². The molecule has 1 rings (SSSR count). The predicted octanol–water partition coefficient (Wildman–Crippen LogP) is 2.92. The van der Waals surface area contributed by atoms with E-state index in [1.807, 2.05) is 13.0 Å². The average Bonchev–Trinajstić information content (AvgIpc) is 2.25. The van der Waals surface area contributed by atoms with Gasteiger partial charge in [0.1, 0.15) is 5.75 Å². The molecule has 4 N–H and O–H groups in total. The molecule has 0 aromatic heterocycles. The number of aliphatic hydroxyl groups excluding tert-OH is 1. The molecular weight excluding hydrogens is 250 g/mol. The van der Waals surface area contributed by atoms with Crippen LogP contribution in [-0.4, -0.2) is 16.3 Å². The van der Waals surface area contributed by atoms with Crippen molar-refractivity contribution in [1.82, 2.24) is 0 Å². The van der Waals surface area contributed by atoms with Crippen LogP contribution in [-0.2, 0) is 0 Å². The van der Waals surface area contributed by atoms with Crippen LogP contribution in [0.3, 0.4) is 0 Å². The molecule has 0 unspecified atom stereocenters. The minimum absolute atomic E-state index is 0. The second-order valence-corrected chi connectivity index (χ2v) is 5.13. The minimum atomic E-state index is -0.606. The van der Waals surface area contributed by atoms with Crippen molar-refractivity contribution in [3.05, 3.63) is 29.3 Å². The smallest absolute Gasteiger partial charge is 0.120 e. The number of halogens is 1. The molecule has 3 nitrogen and oxygen atoms in total. The molecule has 0 heterocycles. The van der Waals surface area contributed by atoms with Crippen LogP contribution in [0, 0.1) is 12.8 Å². The van der Waals surface area contributed by atoms with Gasteiger partial charge in [-0.1, -0.05) is 26.0 Å². The van der Waals surface area contributed by atoms with Gasteiger partial charge in [0.25, 0.3) is 0 Å². The fraction of sp³-hybridized carbons (Fsp3) is 0.571. The summed E-state index contributed by atoms with van der Waals surface area (Å²) >= 11 is 0. The van der Waals surface area contributed by atoms with E-state index in [-0.39, 0.29) is 18.2 Å². The summed E-state index contributed by atoms with van der Waals surface area (Å²) in [7, 11) is 0. The standard InChI is InChI=1S/C14H23NO2.ClH/c1-9(2)4-7-12(16)14(15)11-6-5-10(3)8-13(11)17;/h5-6,8-9,12,14,16-17H,4,7,15H2,1-3H3;1H/t12-,14+;/m1./s1. The van der Waals surface area contributed by atoms with Crippen LogP contribution in [0.1, 0.15) is 43.9 Å². The van der Waals surface area contributed by atoms with Crippen LogP contribution < -0.4 is 5.73 Å². The highest BCUT2D eigenvalue weighted by Crippen LogP contribution is 2.27. The van der Waals surface area contributed by atoms with Crippen molar-refractivity contribution in [2.75, 3.05) is 0 Å². The fourth-order valence-corrected chi connectivity index (χ4v) is 1.83. The number of rotatable bonds is 5. The summed E-state index contributed by atoms with van der Waals surface area (Å²) in [6.45, 7) is 6.13. The molecule has 0 amide bonds. The zero-order valence-electron chi connectivity index (χ0n) is 11.3. The van der Waals surface area contributed by atoms with Crippen molar-refractivity contribution in [3.8, 4) is 5.75 Å². The van der Waals surface area contributed by atoms with Crippen molar-refractivity contribution in [2.24, 2.45) is 11.7 Å². The number of nitrogens with two attached hydrogens (primary N) is 1. The van der Waals surface area contributed by atoms with Crippen molar-refractivity contribution < 1.29 is 10.2 Å². The number of phenols is 1. The van der Waals surface area contributed by atoms with E-state index in [4.69, 9.17) is 5.73 Å². The molecule has 0 aliphatic heterocycles. The molecule has 0 saturated carbocycles. The Kier molecular flexibility index (Phi) is 7.29.